The normalized spacial score (nSPS) is 19.6. The summed E-state index contributed by atoms with van der Waals surface area (Å²) in [4.78, 5) is 6.93. The van der Waals surface area contributed by atoms with Crippen LogP contribution >= 0.6 is 0 Å². The molecule has 2 heterocycles. The minimum Gasteiger partial charge on any atom is -0.399 e. The van der Waals surface area contributed by atoms with E-state index in [1.54, 1.807) is 0 Å². The Bertz CT molecular complexity index is 596. The molecule has 1 aliphatic heterocycles. The van der Waals surface area contributed by atoms with Gasteiger partial charge >= 0.3 is 0 Å². The number of nitrogens with one attached hydrogen (secondary N) is 1. The van der Waals surface area contributed by atoms with Crippen LogP contribution in [0.25, 0.3) is 10.9 Å². The summed E-state index contributed by atoms with van der Waals surface area (Å²) in [6.07, 6.45) is 4.45. The van der Waals surface area contributed by atoms with Gasteiger partial charge < -0.3 is 11.1 Å². The van der Waals surface area contributed by atoms with Gasteiger partial charge in [-0.25, -0.2) is 0 Å². The van der Waals surface area contributed by atoms with Gasteiger partial charge in [0, 0.05) is 35.5 Å². The quantitative estimate of drug-likeness (QED) is 0.839. The molecule has 0 amide bonds. The van der Waals surface area contributed by atoms with Crippen LogP contribution in [0.2, 0.25) is 0 Å². The monoisotopic (exact) mass is 270 g/mol. The zero-order valence-corrected chi connectivity index (χ0v) is 12.0. The molecule has 0 aliphatic carbocycles. The van der Waals surface area contributed by atoms with E-state index >= 15 is 0 Å². The lowest BCUT2D eigenvalue weighted by molar-refractivity contribution is 0.277. The average Bonchev–Trinajstić information content (AvgIpc) is 2.92. The first-order valence-corrected chi connectivity index (χ1v) is 7.40. The van der Waals surface area contributed by atoms with Crippen molar-refractivity contribution in [3.8, 4) is 0 Å². The van der Waals surface area contributed by atoms with Gasteiger partial charge in [0.2, 0.25) is 0 Å². The summed E-state index contributed by atoms with van der Waals surface area (Å²) < 4.78 is 0. The topological polar surface area (TPSA) is 54.2 Å². The highest BCUT2D eigenvalue weighted by molar-refractivity contribution is 5.92. The molecule has 2 aromatic rings. The molecule has 1 aliphatic rings. The van der Waals surface area contributed by atoms with Crippen molar-refractivity contribution in [1.29, 1.82) is 0 Å². The number of anilines is 2. The summed E-state index contributed by atoms with van der Waals surface area (Å²) in [5.41, 5.74) is 8.68. The number of rotatable bonds is 4. The molecule has 4 nitrogen and oxygen atoms in total. The van der Waals surface area contributed by atoms with Crippen LogP contribution in [0.1, 0.15) is 19.8 Å². The summed E-state index contributed by atoms with van der Waals surface area (Å²) in [6, 6.07) is 8.60. The lowest BCUT2D eigenvalue weighted by Crippen LogP contribution is -2.34. The Labute approximate surface area is 120 Å². The van der Waals surface area contributed by atoms with Crippen LogP contribution in [0.5, 0.6) is 0 Å². The molecule has 20 heavy (non-hydrogen) atoms. The third-order valence-corrected chi connectivity index (χ3v) is 4.20. The maximum Gasteiger partial charge on any atom is 0.0743 e. The fraction of sp³-hybridized carbons (Fsp3) is 0.438. The minimum atomic E-state index is 0.650. The number of fused-ring (bicyclic) bond motifs is 1. The van der Waals surface area contributed by atoms with Crippen LogP contribution < -0.4 is 11.1 Å². The number of hydrogen-bond donors (Lipinski definition) is 2. The molecule has 3 N–H and O–H groups in total. The second-order valence-corrected chi connectivity index (χ2v) is 5.44. The predicted octanol–water partition coefficient (Wildman–Crippen LogP) is 2.71. The smallest absolute Gasteiger partial charge is 0.0743 e. The molecular weight excluding hydrogens is 248 g/mol. The predicted molar refractivity (Wildman–Crippen MR) is 84.9 cm³/mol. The first kappa shape index (κ1) is 13.2. The highest BCUT2D eigenvalue weighted by Gasteiger charge is 2.22. The molecule has 1 fully saturated rings. The van der Waals surface area contributed by atoms with E-state index in [0.717, 1.165) is 35.4 Å². The SMILES string of the molecule is CCN1CCCC1CNc1ccnc2cc(N)ccc12. The highest BCUT2D eigenvalue weighted by Crippen LogP contribution is 2.24. The third kappa shape index (κ3) is 2.56. The van der Waals surface area contributed by atoms with E-state index in [-0.39, 0.29) is 0 Å². The molecule has 106 valence electrons. The van der Waals surface area contributed by atoms with Crippen molar-refractivity contribution in [2.24, 2.45) is 0 Å². The Kier molecular flexibility index (Phi) is 3.74. The second-order valence-electron chi connectivity index (χ2n) is 5.44. The molecule has 0 radical (unpaired) electrons. The standard InChI is InChI=1S/C16H22N4/c1-2-20-9-3-4-13(20)11-19-15-7-8-18-16-10-12(17)5-6-14(15)16/h5-8,10,13H,2-4,9,11,17H2,1H3,(H,18,19). The molecule has 3 rings (SSSR count). The number of hydrogen-bond acceptors (Lipinski definition) is 4. The van der Waals surface area contributed by atoms with Crippen molar-refractivity contribution >= 4 is 22.3 Å². The zero-order valence-electron chi connectivity index (χ0n) is 12.0. The first-order chi connectivity index (χ1) is 9.78. The average molecular weight is 270 g/mol. The molecule has 1 aromatic heterocycles. The van der Waals surface area contributed by atoms with E-state index in [9.17, 15) is 0 Å². The Morgan fingerprint density at radius 3 is 3.15 bits per heavy atom. The number of nitrogens with two attached hydrogens (primary N) is 1. The summed E-state index contributed by atoms with van der Waals surface area (Å²) >= 11 is 0. The molecule has 0 bridgehead atoms. The summed E-state index contributed by atoms with van der Waals surface area (Å²) in [5.74, 6) is 0. The molecule has 0 spiro atoms. The van der Waals surface area contributed by atoms with Crippen LogP contribution in [-0.4, -0.2) is 35.6 Å². The van der Waals surface area contributed by atoms with E-state index in [4.69, 9.17) is 5.73 Å². The van der Waals surface area contributed by atoms with Gasteiger partial charge in [0.15, 0.2) is 0 Å². The molecule has 1 unspecified atom stereocenters. The van der Waals surface area contributed by atoms with Gasteiger partial charge in [-0.05, 0) is 50.2 Å². The van der Waals surface area contributed by atoms with Gasteiger partial charge in [-0.15, -0.1) is 0 Å². The Hall–Kier alpha value is -1.81. The number of nitrogen functional groups attached to an aromatic ring is 1. The fourth-order valence-corrected chi connectivity index (χ4v) is 3.09. The maximum atomic E-state index is 5.82. The van der Waals surface area contributed by atoms with Gasteiger partial charge in [-0.2, -0.15) is 0 Å². The lowest BCUT2D eigenvalue weighted by Gasteiger charge is -2.23. The van der Waals surface area contributed by atoms with Crippen LogP contribution in [0, 0.1) is 0 Å². The fourth-order valence-electron chi connectivity index (χ4n) is 3.09. The summed E-state index contributed by atoms with van der Waals surface area (Å²) in [6.45, 7) is 5.61. The molecule has 1 atom stereocenters. The summed E-state index contributed by atoms with van der Waals surface area (Å²) in [7, 11) is 0. The van der Waals surface area contributed by atoms with Gasteiger partial charge in [-0.3, -0.25) is 9.88 Å². The molecule has 1 saturated heterocycles. The number of aromatic nitrogens is 1. The minimum absolute atomic E-state index is 0.650. The van der Waals surface area contributed by atoms with Crippen molar-refractivity contribution in [3.05, 3.63) is 30.5 Å². The maximum absolute atomic E-state index is 5.82. The number of likely N-dealkylation sites (tertiary alicyclic amines) is 1. The van der Waals surface area contributed by atoms with Gasteiger partial charge in [0.1, 0.15) is 0 Å². The van der Waals surface area contributed by atoms with Gasteiger partial charge in [-0.1, -0.05) is 6.92 Å². The molecular formula is C16H22N4. The highest BCUT2D eigenvalue weighted by atomic mass is 15.2. The van der Waals surface area contributed by atoms with E-state index in [2.05, 4.69) is 22.1 Å². The molecule has 0 saturated carbocycles. The van der Waals surface area contributed by atoms with Gasteiger partial charge in [0.25, 0.3) is 0 Å². The van der Waals surface area contributed by atoms with Crippen molar-refractivity contribution in [3.63, 3.8) is 0 Å². The van der Waals surface area contributed by atoms with Crippen molar-refractivity contribution < 1.29 is 0 Å². The van der Waals surface area contributed by atoms with Crippen LogP contribution in [-0.2, 0) is 0 Å². The van der Waals surface area contributed by atoms with Crippen molar-refractivity contribution in [2.75, 3.05) is 30.7 Å². The second kappa shape index (κ2) is 5.67. The van der Waals surface area contributed by atoms with E-state index in [1.807, 2.05) is 30.5 Å². The van der Waals surface area contributed by atoms with Crippen molar-refractivity contribution in [1.82, 2.24) is 9.88 Å². The third-order valence-electron chi connectivity index (χ3n) is 4.20. The zero-order chi connectivity index (χ0) is 13.9. The van der Waals surface area contributed by atoms with E-state index in [0.29, 0.717) is 6.04 Å². The van der Waals surface area contributed by atoms with Crippen molar-refractivity contribution in [2.45, 2.75) is 25.8 Å². The number of likely N-dealkylation sites (N-methyl/N-ethyl adjacent to an activating group) is 1. The van der Waals surface area contributed by atoms with Gasteiger partial charge in [0.05, 0.1) is 5.52 Å². The van der Waals surface area contributed by atoms with Crippen LogP contribution in [0.3, 0.4) is 0 Å². The lowest BCUT2D eigenvalue weighted by atomic mass is 10.1. The largest absolute Gasteiger partial charge is 0.399 e. The van der Waals surface area contributed by atoms with Crippen LogP contribution in [0.4, 0.5) is 11.4 Å². The van der Waals surface area contributed by atoms with E-state index in [1.165, 1.54) is 19.4 Å². The van der Waals surface area contributed by atoms with E-state index < -0.39 is 0 Å². The number of pyridine rings is 1. The Morgan fingerprint density at radius 1 is 1.40 bits per heavy atom. The Balaban J connectivity index is 1.77. The number of nitrogens with zero attached hydrogens (tertiary/aromatic N) is 2. The number of benzene rings is 1. The first-order valence-electron chi connectivity index (χ1n) is 7.40. The molecule has 4 heteroatoms. The Morgan fingerprint density at radius 2 is 2.30 bits per heavy atom. The van der Waals surface area contributed by atoms with Crippen LogP contribution in [0.15, 0.2) is 30.5 Å². The summed E-state index contributed by atoms with van der Waals surface area (Å²) in [5, 5.41) is 4.73. The molecule has 1 aromatic carbocycles.